The summed E-state index contributed by atoms with van der Waals surface area (Å²) >= 11 is 0. The predicted molar refractivity (Wildman–Crippen MR) is 84.4 cm³/mol. The largest absolute Gasteiger partial charge is 0.493 e. The third kappa shape index (κ3) is 1.31. The molecular weight excluding hydrogens is 310 g/mol. The second kappa shape index (κ2) is 4.31. The number of likely N-dealkylation sites (N-methyl/N-ethyl adjacent to an activating group) is 1. The van der Waals surface area contributed by atoms with E-state index in [2.05, 4.69) is 4.90 Å². The molecule has 2 fully saturated rings. The Morgan fingerprint density at radius 2 is 2.17 bits per heavy atom. The maximum absolute atomic E-state index is 12.7. The van der Waals surface area contributed by atoms with Gasteiger partial charge in [-0.2, -0.15) is 0 Å². The molecule has 1 saturated carbocycles. The third-order valence-electron chi connectivity index (χ3n) is 6.78. The van der Waals surface area contributed by atoms with E-state index >= 15 is 0 Å². The van der Waals surface area contributed by atoms with Crippen molar-refractivity contribution in [2.24, 2.45) is 0 Å². The van der Waals surface area contributed by atoms with Crippen LogP contribution in [-0.2, 0) is 16.6 Å². The molecule has 0 amide bonds. The third-order valence-corrected chi connectivity index (χ3v) is 6.78. The minimum absolute atomic E-state index is 0.0705. The maximum atomic E-state index is 12.7. The summed E-state index contributed by atoms with van der Waals surface area (Å²) in [5.74, 6) is 1.02. The van der Waals surface area contributed by atoms with Crippen molar-refractivity contribution in [1.29, 1.82) is 0 Å². The average molecular weight is 331 g/mol. The van der Waals surface area contributed by atoms with Gasteiger partial charge < -0.3 is 24.6 Å². The van der Waals surface area contributed by atoms with E-state index in [1.807, 2.05) is 19.2 Å². The van der Waals surface area contributed by atoms with Crippen molar-refractivity contribution in [1.82, 2.24) is 4.90 Å². The lowest BCUT2D eigenvalue weighted by Crippen LogP contribution is -2.80. The normalized spacial score (nSPS) is 42.5. The molecular formula is C18H21NO5. The number of hydrogen-bond acceptors (Lipinski definition) is 6. The van der Waals surface area contributed by atoms with Crippen LogP contribution in [0.4, 0.5) is 0 Å². The molecule has 0 aromatic heterocycles. The smallest absolute Gasteiger partial charge is 0.177 e. The zero-order chi connectivity index (χ0) is 16.9. The number of ether oxygens (including phenoxy) is 2. The van der Waals surface area contributed by atoms with Crippen LogP contribution in [0.2, 0.25) is 0 Å². The number of aliphatic hydroxyl groups is 2. The number of benzene rings is 1. The molecule has 1 saturated heterocycles. The van der Waals surface area contributed by atoms with Crippen LogP contribution in [0, 0.1) is 0 Å². The van der Waals surface area contributed by atoms with Crippen LogP contribution in [0.1, 0.15) is 24.0 Å². The highest BCUT2D eigenvalue weighted by molar-refractivity contribution is 5.90. The van der Waals surface area contributed by atoms with Gasteiger partial charge in [-0.05, 0) is 38.1 Å². The van der Waals surface area contributed by atoms with E-state index < -0.39 is 23.2 Å². The van der Waals surface area contributed by atoms with Gasteiger partial charge in [0.25, 0.3) is 0 Å². The first kappa shape index (κ1) is 14.7. The lowest BCUT2D eigenvalue weighted by atomic mass is 9.48. The first-order valence-corrected chi connectivity index (χ1v) is 8.45. The van der Waals surface area contributed by atoms with Crippen LogP contribution < -0.4 is 9.47 Å². The molecule has 128 valence electrons. The number of carbonyl (C=O) groups is 1. The number of aliphatic hydroxyl groups excluding tert-OH is 1. The summed E-state index contributed by atoms with van der Waals surface area (Å²) < 4.78 is 11.5. The van der Waals surface area contributed by atoms with Gasteiger partial charge in [-0.15, -0.1) is 0 Å². The van der Waals surface area contributed by atoms with Crippen LogP contribution in [0.25, 0.3) is 0 Å². The van der Waals surface area contributed by atoms with Gasteiger partial charge in [0, 0.05) is 18.0 Å². The van der Waals surface area contributed by atoms with E-state index in [1.165, 1.54) is 0 Å². The quantitative estimate of drug-likeness (QED) is 0.755. The molecule has 2 aliphatic carbocycles. The zero-order valence-corrected chi connectivity index (χ0v) is 13.8. The summed E-state index contributed by atoms with van der Waals surface area (Å²) in [7, 11) is 3.54. The maximum Gasteiger partial charge on any atom is 0.177 e. The van der Waals surface area contributed by atoms with Crippen LogP contribution in [-0.4, -0.2) is 65.4 Å². The predicted octanol–water partition coefficient (Wildman–Crippen LogP) is 0.0190. The Bertz CT molecular complexity index is 764. The molecule has 1 aromatic rings. The standard InChI is InChI=1S/C18H21NO5/c1-19-6-5-17-14-9-3-4-11(23-2)15(14)24-16(17)10(20)8-13(21)18(17,22)12(19)7-9/h3-4,12-13,16,21-22H,5-8H2,1-2H3/t12-,13-,16+,17?,18?/m1/s1. The molecule has 2 N–H and O–H groups in total. The fourth-order valence-electron chi connectivity index (χ4n) is 5.73. The molecule has 0 radical (unpaired) electrons. The molecule has 2 aliphatic heterocycles. The van der Waals surface area contributed by atoms with E-state index in [1.54, 1.807) is 7.11 Å². The van der Waals surface area contributed by atoms with E-state index in [0.717, 1.165) is 17.7 Å². The van der Waals surface area contributed by atoms with Gasteiger partial charge in [0.05, 0.1) is 18.6 Å². The van der Waals surface area contributed by atoms with Gasteiger partial charge in [-0.3, -0.25) is 4.79 Å². The molecule has 2 heterocycles. The highest BCUT2D eigenvalue weighted by Gasteiger charge is 2.75. The number of nitrogens with zero attached hydrogens (tertiary/aromatic N) is 1. The molecule has 6 heteroatoms. The molecule has 1 aromatic carbocycles. The summed E-state index contributed by atoms with van der Waals surface area (Å²) in [6.07, 6.45) is -0.686. The zero-order valence-electron chi connectivity index (χ0n) is 13.8. The first-order chi connectivity index (χ1) is 11.4. The molecule has 5 rings (SSSR count). The Morgan fingerprint density at radius 1 is 1.38 bits per heavy atom. The number of methoxy groups -OCH3 is 1. The Hall–Kier alpha value is -1.63. The lowest BCUT2D eigenvalue weighted by Gasteiger charge is -2.63. The number of rotatable bonds is 1. The minimum atomic E-state index is -1.39. The number of carbonyl (C=O) groups excluding carboxylic acids is 1. The monoisotopic (exact) mass is 331 g/mol. The SMILES string of the molecule is COc1ccc2c3c1O[C@H]1C(=O)C[C@@H](O)C4(O)[C@@H](C2)N(C)CCC314. The molecule has 2 unspecified atom stereocenters. The molecule has 2 bridgehead atoms. The van der Waals surface area contributed by atoms with Gasteiger partial charge in [-0.1, -0.05) is 6.07 Å². The van der Waals surface area contributed by atoms with Gasteiger partial charge >= 0.3 is 0 Å². The number of ketones is 1. The molecule has 24 heavy (non-hydrogen) atoms. The molecule has 6 nitrogen and oxygen atoms in total. The fraction of sp³-hybridized carbons (Fsp3) is 0.611. The van der Waals surface area contributed by atoms with Crippen LogP contribution in [0.5, 0.6) is 11.5 Å². The van der Waals surface area contributed by atoms with Crippen molar-refractivity contribution in [2.75, 3.05) is 20.7 Å². The van der Waals surface area contributed by atoms with Crippen LogP contribution in [0.15, 0.2) is 12.1 Å². The molecule has 5 atom stereocenters. The van der Waals surface area contributed by atoms with Crippen molar-refractivity contribution in [3.05, 3.63) is 23.3 Å². The second-order valence-corrected chi connectivity index (χ2v) is 7.56. The summed E-state index contributed by atoms with van der Waals surface area (Å²) in [5.41, 5.74) is -0.304. The molecule has 4 aliphatic rings. The highest BCUT2D eigenvalue weighted by atomic mass is 16.5. The van der Waals surface area contributed by atoms with Crippen molar-refractivity contribution < 1.29 is 24.5 Å². The minimum Gasteiger partial charge on any atom is -0.493 e. The summed E-state index contributed by atoms with van der Waals surface area (Å²) in [6.45, 7) is 0.753. The van der Waals surface area contributed by atoms with Crippen molar-refractivity contribution in [3.8, 4) is 11.5 Å². The van der Waals surface area contributed by atoms with Crippen molar-refractivity contribution in [3.63, 3.8) is 0 Å². The van der Waals surface area contributed by atoms with E-state index in [9.17, 15) is 15.0 Å². The second-order valence-electron chi connectivity index (χ2n) is 7.56. The van der Waals surface area contributed by atoms with Crippen molar-refractivity contribution >= 4 is 5.78 Å². The van der Waals surface area contributed by atoms with Crippen LogP contribution in [0.3, 0.4) is 0 Å². The van der Waals surface area contributed by atoms with Gasteiger partial charge in [0.15, 0.2) is 23.4 Å². The highest BCUT2D eigenvalue weighted by Crippen LogP contribution is 2.64. The first-order valence-electron chi connectivity index (χ1n) is 8.45. The van der Waals surface area contributed by atoms with Gasteiger partial charge in [0.1, 0.15) is 5.60 Å². The van der Waals surface area contributed by atoms with E-state index in [0.29, 0.717) is 24.3 Å². The lowest BCUT2D eigenvalue weighted by molar-refractivity contribution is -0.226. The fourth-order valence-corrected chi connectivity index (χ4v) is 5.73. The summed E-state index contributed by atoms with van der Waals surface area (Å²) in [6, 6.07) is 3.64. The Morgan fingerprint density at radius 3 is 2.92 bits per heavy atom. The van der Waals surface area contributed by atoms with Crippen molar-refractivity contribution in [2.45, 2.75) is 48.5 Å². The Labute approximate surface area is 140 Å². The Balaban J connectivity index is 1.87. The average Bonchev–Trinajstić information content (AvgIpc) is 2.91. The van der Waals surface area contributed by atoms with Gasteiger partial charge in [0.2, 0.25) is 0 Å². The van der Waals surface area contributed by atoms with Crippen LogP contribution >= 0.6 is 0 Å². The summed E-state index contributed by atoms with van der Waals surface area (Å²) in [4.78, 5) is 14.8. The number of piperidine rings is 1. The number of hydrogen-bond donors (Lipinski definition) is 2. The van der Waals surface area contributed by atoms with E-state index in [-0.39, 0.29) is 18.2 Å². The Kier molecular flexibility index (Phi) is 2.64. The number of likely N-dealkylation sites (tertiary alicyclic amines) is 1. The summed E-state index contributed by atoms with van der Waals surface area (Å²) in [5, 5.41) is 22.5. The van der Waals surface area contributed by atoms with E-state index in [4.69, 9.17) is 9.47 Å². The van der Waals surface area contributed by atoms with Gasteiger partial charge in [-0.25, -0.2) is 0 Å². The number of Topliss-reactive ketones (excluding diaryl/α,β-unsaturated/α-hetero) is 1. The molecule has 1 spiro atoms. The topological polar surface area (TPSA) is 79.2 Å².